The van der Waals surface area contributed by atoms with Crippen molar-refractivity contribution in [3.05, 3.63) is 48.9 Å². The van der Waals surface area contributed by atoms with Gasteiger partial charge in [-0.05, 0) is 26.3 Å². The van der Waals surface area contributed by atoms with Crippen molar-refractivity contribution < 1.29 is 0 Å². The number of hydrogen-bond donors (Lipinski definition) is 0. The molecule has 1 saturated heterocycles. The smallest absolute Gasteiger partial charge is 0.104 e. The normalized spacial score (nSPS) is 22.1. The SMILES string of the molecule is C=CC1(C=C)CCCC[Si]1(C(=C)C)C(=C)C. The predicted molar refractivity (Wildman–Crippen MR) is 77.1 cm³/mol. The average molecular weight is 232 g/mol. The molecule has 1 rings (SSSR count). The lowest BCUT2D eigenvalue weighted by atomic mass is 10.0. The molecule has 0 aromatic carbocycles. The second-order valence-electron chi connectivity index (χ2n) is 5.12. The van der Waals surface area contributed by atoms with E-state index in [1.165, 1.54) is 35.7 Å². The molecule has 0 unspecified atom stereocenters. The molecule has 1 fully saturated rings. The van der Waals surface area contributed by atoms with Gasteiger partial charge in [0.05, 0.1) is 0 Å². The summed E-state index contributed by atoms with van der Waals surface area (Å²) in [4.78, 5) is 0. The molecule has 0 atom stereocenters. The fourth-order valence-corrected chi connectivity index (χ4v) is 9.19. The molecule has 0 bridgehead atoms. The van der Waals surface area contributed by atoms with Crippen LogP contribution in [-0.2, 0) is 0 Å². The Morgan fingerprint density at radius 1 is 1.06 bits per heavy atom. The zero-order chi connectivity index (χ0) is 12.4. The Balaban J connectivity index is 3.41. The molecule has 0 aromatic heterocycles. The highest BCUT2D eigenvalue weighted by Crippen LogP contribution is 2.56. The lowest BCUT2D eigenvalue weighted by molar-refractivity contribution is 0.594. The highest BCUT2D eigenvalue weighted by molar-refractivity contribution is 6.95. The second-order valence-corrected chi connectivity index (χ2v) is 10.1. The van der Waals surface area contributed by atoms with Gasteiger partial charge in [0.1, 0.15) is 8.07 Å². The molecule has 0 spiro atoms. The van der Waals surface area contributed by atoms with Gasteiger partial charge in [-0.1, -0.05) is 35.4 Å². The van der Waals surface area contributed by atoms with Crippen LogP contribution < -0.4 is 0 Å². The minimum atomic E-state index is -1.74. The van der Waals surface area contributed by atoms with Crippen LogP contribution in [0.3, 0.4) is 0 Å². The third-order valence-electron chi connectivity index (χ3n) is 4.37. The first-order valence-electron chi connectivity index (χ1n) is 6.06. The van der Waals surface area contributed by atoms with E-state index in [2.05, 4.69) is 52.3 Å². The maximum absolute atomic E-state index is 4.27. The highest BCUT2D eigenvalue weighted by Gasteiger charge is 2.52. The Morgan fingerprint density at radius 3 is 1.88 bits per heavy atom. The van der Waals surface area contributed by atoms with E-state index in [4.69, 9.17) is 0 Å². The van der Waals surface area contributed by atoms with Gasteiger partial charge in [-0.3, -0.25) is 0 Å². The summed E-state index contributed by atoms with van der Waals surface area (Å²) in [6.45, 7) is 21.0. The third kappa shape index (κ3) is 1.58. The van der Waals surface area contributed by atoms with Crippen molar-refractivity contribution in [1.29, 1.82) is 0 Å². The number of allylic oxidation sites excluding steroid dienone is 4. The molecule has 16 heavy (non-hydrogen) atoms. The van der Waals surface area contributed by atoms with Crippen molar-refractivity contribution in [2.45, 2.75) is 44.2 Å². The van der Waals surface area contributed by atoms with Gasteiger partial charge in [0, 0.05) is 5.04 Å². The van der Waals surface area contributed by atoms with Crippen LogP contribution >= 0.6 is 0 Å². The van der Waals surface area contributed by atoms with E-state index in [0.29, 0.717) is 0 Å². The molecule has 0 radical (unpaired) electrons. The van der Waals surface area contributed by atoms with E-state index in [9.17, 15) is 0 Å². The predicted octanol–water partition coefficient (Wildman–Crippen LogP) is 4.96. The molecule has 88 valence electrons. The van der Waals surface area contributed by atoms with E-state index in [0.717, 1.165) is 0 Å². The summed E-state index contributed by atoms with van der Waals surface area (Å²) in [5, 5.41) is 2.75. The fraction of sp³-hybridized carbons (Fsp3) is 0.467. The molecule has 1 aliphatic heterocycles. The van der Waals surface area contributed by atoms with E-state index >= 15 is 0 Å². The summed E-state index contributed by atoms with van der Waals surface area (Å²) in [6.07, 6.45) is 7.98. The Hall–Kier alpha value is -0.823. The average Bonchev–Trinajstić information content (AvgIpc) is 2.27. The van der Waals surface area contributed by atoms with Gasteiger partial charge < -0.3 is 0 Å². The zero-order valence-electron chi connectivity index (χ0n) is 10.8. The van der Waals surface area contributed by atoms with Crippen LogP contribution in [-0.4, -0.2) is 8.07 Å². The van der Waals surface area contributed by atoms with Crippen molar-refractivity contribution in [2.75, 3.05) is 0 Å². The molecule has 1 heteroatoms. The van der Waals surface area contributed by atoms with Crippen LogP contribution in [0.4, 0.5) is 0 Å². The van der Waals surface area contributed by atoms with Gasteiger partial charge in [-0.2, -0.15) is 0 Å². The fourth-order valence-electron chi connectivity index (χ4n) is 3.48. The van der Waals surface area contributed by atoms with Crippen molar-refractivity contribution in [3.8, 4) is 0 Å². The maximum atomic E-state index is 4.27. The van der Waals surface area contributed by atoms with Crippen LogP contribution in [0.25, 0.3) is 0 Å². The third-order valence-corrected chi connectivity index (χ3v) is 10.6. The van der Waals surface area contributed by atoms with E-state index in [1.54, 1.807) is 0 Å². The molecule has 1 aliphatic rings. The summed E-state index contributed by atoms with van der Waals surface area (Å²) >= 11 is 0. The Kier molecular flexibility index (Phi) is 3.79. The van der Waals surface area contributed by atoms with E-state index in [-0.39, 0.29) is 5.04 Å². The molecule has 0 aromatic rings. The van der Waals surface area contributed by atoms with Crippen molar-refractivity contribution >= 4 is 8.07 Å². The van der Waals surface area contributed by atoms with E-state index in [1.807, 2.05) is 0 Å². The van der Waals surface area contributed by atoms with Gasteiger partial charge in [0.25, 0.3) is 0 Å². The van der Waals surface area contributed by atoms with Crippen molar-refractivity contribution in [1.82, 2.24) is 0 Å². The molecular weight excluding hydrogens is 208 g/mol. The van der Waals surface area contributed by atoms with Gasteiger partial charge in [0.2, 0.25) is 0 Å². The first kappa shape index (κ1) is 13.2. The van der Waals surface area contributed by atoms with Gasteiger partial charge in [0.15, 0.2) is 0 Å². The molecule has 0 N–H and O–H groups in total. The Bertz CT molecular complexity index is 313. The maximum Gasteiger partial charge on any atom is 0.120 e. The van der Waals surface area contributed by atoms with Crippen molar-refractivity contribution in [2.24, 2.45) is 0 Å². The van der Waals surface area contributed by atoms with Crippen LogP contribution in [0.1, 0.15) is 33.1 Å². The summed E-state index contributed by atoms with van der Waals surface area (Å²) in [6, 6.07) is 1.26. The highest BCUT2D eigenvalue weighted by atomic mass is 28.3. The Labute approximate surface area is 101 Å². The monoisotopic (exact) mass is 232 g/mol. The number of hydrogen-bond acceptors (Lipinski definition) is 0. The molecule has 0 nitrogen and oxygen atoms in total. The van der Waals surface area contributed by atoms with Gasteiger partial charge in [-0.25, -0.2) is 0 Å². The standard InChI is InChI=1S/C15H24Si/c1-7-15(8-2)11-9-10-12-16(15,13(3)4)14(5)6/h7-8H,1-3,5,9-12H2,4,6H3. The largest absolute Gasteiger partial charge is 0.120 e. The molecule has 0 aliphatic carbocycles. The molecule has 0 saturated carbocycles. The van der Waals surface area contributed by atoms with Crippen molar-refractivity contribution in [3.63, 3.8) is 0 Å². The van der Waals surface area contributed by atoms with Crippen LogP contribution in [0.5, 0.6) is 0 Å². The lowest BCUT2D eigenvalue weighted by Gasteiger charge is -2.50. The topological polar surface area (TPSA) is 0 Å². The van der Waals surface area contributed by atoms with Gasteiger partial charge in [-0.15, -0.1) is 26.3 Å². The molecule has 1 heterocycles. The van der Waals surface area contributed by atoms with E-state index < -0.39 is 8.07 Å². The second kappa shape index (κ2) is 4.58. The number of rotatable bonds is 4. The minimum absolute atomic E-state index is 0.0862. The zero-order valence-corrected chi connectivity index (χ0v) is 11.8. The Morgan fingerprint density at radius 2 is 1.56 bits per heavy atom. The summed E-state index contributed by atoms with van der Waals surface area (Å²) < 4.78 is 0. The first-order valence-corrected chi connectivity index (χ1v) is 8.27. The molecular formula is C15H24Si. The first-order chi connectivity index (χ1) is 7.47. The quantitative estimate of drug-likeness (QED) is 0.474. The summed E-state index contributed by atoms with van der Waals surface area (Å²) in [5.41, 5.74) is 0. The van der Waals surface area contributed by atoms with Crippen LogP contribution in [0, 0.1) is 0 Å². The lowest BCUT2D eigenvalue weighted by Crippen LogP contribution is -2.51. The summed E-state index contributed by atoms with van der Waals surface area (Å²) in [5.74, 6) is 0. The van der Waals surface area contributed by atoms with Crippen LogP contribution in [0.2, 0.25) is 11.1 Å². The summed E-state index contributed by atoms with van der Waals surface area (Å²) in [7, 11) is -1.74. The van der Waals surface area contributed by atoms with Gasteiger partial charge >= 0.3 is 0 Å². The minimum Gasteiger partial charge on any atom is -0.104 e. The van der Waals surface area contributed by atoms with Crippen LogP contribution in [0.15, 0.2) is 48.9 Å². The molecule has 0 amide bonds.